The molecule has 0 fully saturated rings. The van der Waals surface area contributed by atoms with Crippen LogP contribution in [0.5, 0.6) is 0 Å². The lowest BCUT2D eigenvalue weighted by molar-refractivity contribution is -0.106. The van der Waals surface area contributed by atoms with Crippen molar-refractivity contribution in [2.75, 3.05) is 5.73 Å². The van der Waals surface area contributed by atoms with E-state index in [1.54, 1.807) is 42.5 Å². The molecule has 2 aromatic rings. The van der Waals surface area contributed by atoms with Gasteiger partial charge in [-0.15, -0.1) is 0 Å². The molecule has 0 aromatic heterocycles. The number of rotatable bonds is 0. The minimum Gasteiger partial charge on any atom is -0.398 e. The first-order chi connectivity index (χ1) is 9.61. The van der Waals surface area contributed by atoms with E-state index in [-0.39, 0.29) is 11.6 Å². The molecule has 1 aliphatic rings. The van der Waals surface area contributed by atoms with E-state index < -0.39 is 0 Å². The summed E-state index contributed by atoms with van der Waals surface area (Å²) in [4.78, 5) is 33.2. The molecule has 0 aliphatic heterocycles. The van der Waals surface area contributed by atoms with Crippen molar-refractivity contribution in [3.05, 3.63) is 64.7 Å². The summed E-state index contributed by atoms with van der Waals surface area (Å²) in [5.74, 6) is -0.309. The molecule has 0 amide bonds. The van der Waals surface area contributed by atoms with Gasteiger partial charge in [0.15, 0.2) is 11.6 Å². The standard InChI is InChI=1S/C14H9NO2.C2H4O/c15-11-7-3-6-10-12(11)14(17)9-5-2-1-4-8(9)13(10)16;1-2-3/h1-7H,15H2;2H,1H3. The van der Waals surface area contributed by atoms with Crippen LogP contribution in [0.1, 0.15) is 38.8 Å². The van der Waals surface area contributed by atoms with Crippen molar-refractivity contribution in [2.45, 2.75) is 6.92 Å². The van der Waals surface area contributed by atoms with Crippen LogP contribution in [0, 0.1) is 0 Å². The fourth-order valence-corrected chi connectivity index (χ4v) is 2.17. The number of nitrogen functional groups attached to an aromatic ring is 1. The van der Waals surface area contributed by atoms with Gasteiger partial charge in [-0.25, -0.2) is 0 Å². The Hall–Kier alpha value is -2.75. The number of anilines is 1. The van der Waals surface area contributed by atoms with Gasteiger partial charge in [-0.1, -0.05) is 36.4 Å². The van der Waals surface area contributed by atoms with E-state index in [1.165, 1.54) is 6.92 Å². The summed E-state index contributed by atoms with van der Waals surface area (Å²) in [6, 6.07) is 11.8. The molecular formula is C16H13NO3. The Morgan fingerprint density at radius 2 is 1.35 bits per heavy atom. The molecule has 0 saturated heterocycles. The lowest BCUT2D eigenvalue weighted by Crippen LogP contribution is -2.22. The van der Waals surface area contributed by atoms with Crippen LogP contribution in [0.25, 0.3) is 0 Å². The third-order valence-corrected chi connectivity index (χ3v) is 2.98. The molecule has 0 bridgehead atoms. The number of ketones is 2. The molecule has 0 spiro atoms. The molecule has 4 nitrogen and oxygen atoms in total. The Bertz CT molecular complexity index is 705. The average Bonchev–Trinajstić information content (AvgIpc) is 2.45. The molecule has 4 heteroatoms. The highest BCUT2D eigenvalue weighted by molar-refractivity contribution is 6.29. The van der Waals surface area contributed by atoms with Gasteiger partial charge in [0, 0.05) is 22.4 Å². The van der Waals surface area contributed by atoms with Crippen molar-refractivity contribution >= 4 is 23.5 Å². The quantitative estimate of drug-likeness (QED) is 0.500. The van der Waals surface area contributed by atoms with Gasteiger partial charge < -0.3 is 10.5 Å². The Morgan fingerprint density at radius 3 is 1.95 bits per heavy atom. The SMILES string of the molecule is CC=O.Nc1cccc2c1C(=O)c1ccccc1C2=O. The summed E-state index contributed by atoms with van der Waals surface area (Å²) in [5, 5.41) is 0. The maximum absolute atomic E-state index is 12.2. The van der Waals surface area contributed by atoms with Gasteiger partial charge in [0.2, 0.25) is 0 Å². The zero-order valence-corrected chi connectivity index (χ0v) is 10.9. The van der Waals surface area contributed by atoms with Gasteiger partial charge in [-0.05, 0) is 13.0 Å². The molecule has 0 atom stereocenters. The van der Waals surface area contributed by atoms with Crippen LogP contribution in [0.3, 0.4) is 0 Å². The number of hydrogen-bond acceptors (Lipinski definition) is 4. The molecule has 0 heterocycles. The van der Waals surface area contributed by atoms with Gasteiger partial charge in [-0.2, -0.15) is 0 Å². The first-order valence-electron chi connectivity index (χ1n) is 6.08. The summed E-state index contributed by atoms with van der Waals surface area (Å²) in [6.07, 6.45) is 0.750. The maximum Gasteiger partial charge on any atom is 0.196 e. The van der Waals surface area contributed by atoms with E-state index in [0.29, 0.717) is 27.9 Å². The summed E-state index contributed by atoms with van der Waals surface area (Å²) >= 11 is 0. The third kappa shape index (κ3) is 2.12. The Morgan fingerprint density at radius 1 is 0.850 bits per heavy atom. The van der Waals surface area contributed by atoms with Gasteiger partial charge in [0.25, 0.3) is 0 Å². The van der Waals surface area contributed by atoms with Crippen molar-refractivity contribution in [3.63, 3.8) is 0 Å². The van der Waals surface area contributed by atoms with E-state index in [4.69, 9.17) is 10.5 Å². The topological polar surface area (TPSA) is 77.2 Å². The lowest BCUT2D eigenvalue weighted by atomic mass is 9.83. The largest absolute Gasteiger partial charge is 0.398 e. The molecular weight excluding hydrogens is 254 g/mol. The average molecular weight is 267 g/mol. The molecule has 20 heavy (non-hydrogen) atoms. The van der Waals surface area contributed by atoms with Crippen LogP contribution in [0.15, 0.2) is 42.5 Å². The monoisotopic (exact) mass is 267 g/mol. The number of aldehydes is 1. The normalized spacial score (nSPS) is 11.8. The molecule has 3 rings (SSSR count). The summed E-state index contributed by atoms with van der Waals surface area (Å²) in [5.41, 5.74) is 7.75. The molecule has 2 aromatic carbocycles. The second-order valence-electron chi connectivity index (χ2n) is 4.21. The fourth-order valence-electron chi connectivity index (χ4n) is 2.17. The summed E-state index contributed by atoms with van der Waals surface area (Å²) in [6.45, 7) is 1.44. The third-order valence-electron chi connectivity index (χ3n) is 2.98. The van der Waals surface area contributed by atoms with Crippen LogP contribution in [0.4, 0.5) is 5.69 Å². The highest BCUT2D eigenvalue weighted by Gasteiger charge is 2.30. The molecule has 100 valence electrons. The first-order valence-corrected chi connectivity index (χ1v) is 6.08. The number of carbonyl (C=O) groups excluding carboxylic acids is 3. The number of benzene rings is 2. The number of hydrogen-bond donors (Lipinski definition) is 1. The Labute approximate surface area is 116 Å². The second kappa shape index (κ2) is 5.48. The Kier molecular flexibility index (Phi) is 3.75. The van der Waals surface area contributed by atoms with Crippen molar-refractivity contribution < 1.29 is 14.4 Å². The number of carbonyl (C=O) groups is 3. The smallest absolute Gasteiger partial charge is 0.196 e. The van der Waals surface area contributed by atoms with E-state index >= 15 is 0 Å². The second-order valence-corrected chi connectivity index (χ2v) is 4.21. The molecule has 0 saturated carbocycles. The highest BCUT2D eigenvalue weighted by atomic mass is 16.1. The van der Waals surface area contributed by atoms with E-state index in [9.17, 15) is 9.59 Å². The number of fused-ring (bicyclic) bond motifs is 2. The molecule has 0 radical (unpaired) electrons. The molecule has 2 N–H and O–H groups in total. The van der Waals surface area contributed by atoms with Gasteiger partial charge >= 0.3 is 0 Å². The van der Waals surface area contributed by atoms with E-state index in [2.05, 4.69) is 0 Å². The van der Waals surface area contributed by atoms with Gasteiger partial charge in [-0.3, -0.25) is 9.59 Å². The van der Waals surface area contributed by atoms with Crippen molar-refractivity contribution in [1.82, 2.24) is 0 Å². The number of nitrogens with two attached hydrogens (primary N) is 1. The van der Waals surface area contributed by atoms with Crippen molar-refractivity contribution in [3.8, 4) is 0 Å². The van der Waals surface area contributed by atoms with Crippen LogP contribution in [-0.2, 0) is 4.79 Å². The van der Waals surface area contributed by atoms with Crippen molar-refractivity contribution in [2.24, 2.45) is 0 Å². The zero-order valence-electron chi connectivity index (χ0n) is 10.9. The maximum atomic E-state index is 12.2. The lowest BCUT2D eigenvalue weighted by Gasteiger charge is -2.18. The van der Waals surface area contributed by atoms with Crippen molar-refractivity contribution in [1.29, 1.82) is 0 Å². The van der Waals surface area contributed by atoms with Gasteiger partial charge in [0.05, 0.1) is 5.56 Å². The molecule has 0 unspecified atom stereocenters. The minimum absolute atomic E-state index is 0.137. The fraction of sp³-hybridized carbons (Fsp3) is 0.0625. The van der Waals surface area contributed by atoms with Crippen LogP contribution in [0.2, 0.25) is 0 Å². The summed E-state index contributed by atoms with van der Waals surface area (Å²) < 4.78 is 0. The summed E-state index contributed by atoms with van der Waals surface area (Å²) in [7, 11) is 0. The van der Waals surface area contributed by atoms with E-state index in [0.717, 1.165) is 6.29 Å². The van der Waals surface area contributed by atoms with Crippen LogP contribution >= 0.6 is 0 Å². The predicted octanol–water partition coefficient (Wildman–Crippen LogP) is 2.25. The highest BCUT2D eigenvalue weighted by Crippen LogP contribution is 2.30. The molecule has 1 aliphatic carbocycles. The first kappa shape index (κ1) is 13.7. The van der Waals surface area contributed by atoms with Gasteiger partial charge in [0.1, 0.15) is 6.29 Å². The predicted molar refractivity (Wildman–Crippen MR) is 75.9 cm³/mol. The minimum atomic E-state index is -0.173. The van der Waals surface area contributed by atoms with Crippen LogP contribution < -0.4 is 5.73 Å². The Balaban J connectivity index is 0.000000452. The van der Waals surface area contributed by atoms with Crippen LogP contribution in [-0.4, -0.2) is 17.9 Å². The zero-order chi connectivity index (χ0) is 14.7. The van der Waals surface area contributed by atoms with E-state index in [1.807, 2.05) is 0 Å².